The molecular weight excluding hydrogens is 846 g/mol. The van der Waals surface area contributed by atoms with E-state index in [0.717, 1.165) is 109 Å². The van der Waals surface area contributed by atoms with Crippen LogP contribution < -0.4 is 0 Å². The number of hydrogen-bond donors (Lipinski definition) is 1. The first kappa shape index (κ1) is 62.9. The maximum absolute atomic E-state index is 12.8. The quantitative estimate of drug-likeness (QED) is 0.0211. The molecule has 0 spiro atoms. The number of phosphoric ester groups is 1. The van der Waals surface area contributed by atoms with Gasteiger partial charge in [0, 0.05) is 12.8 Å². The highest BCUT2D eigenvalue weighted by atomic mass is 31.2. The van der Waals surface area contributed by atoms with Crippen molar-refractivity contribution >= 4 is 19.8 Å². The summed E-state index contributed by atoms with van der Waals surface area (Å²) in [4.78, 5) is 35.6. The Balaban J connectivity index is 4.29. The Morgan fingerprint density at radius 3 is 1.21 bits per heavy atom. The number of esters is 2. The Morgan fingerprint density at radius 2 is 0.818 bits per heavy atom. The highest BCUT2D eigenvalue weighted by Crippen LogP contribution is 2.43. The van der Waals surface area contributed by atoms with E-state index >= 15 is 0 Å². The molecule has 0 aromatic carbocycles. The molecule has 0 fully saturated rings. The third kappa shape index (κ3) is 50.3. The summed E-state index contributed by atoms with van der Waals surface area (Å²) in [5.74, 6) is -0.822. The second-order valence-electron chi connectivity index (χ2n) is 18.1. The predicted molar refractivity (Wildman–Crippen MR) is 279 cm³/mol. The number of phosphoric acid groups is 1. The molecule has 0 aromatic heterocycles. The van der Waals surface area contributed by atoms with Crippen LogP contribution in [-0.4, -0.2) is 74.9 Å². The first-order valence-electron chi connectivity index (χ1n) is 26.0. The van der Waals surface area contributed by atoms with E-state index in [-0.39, 0.29) is 32.0 Å². The van der Waals surface area contributed by atoms with E-state index in [1.54, 1.807) is 0 Å². The minimum atomic E-state index is -4.39. The Bertz CT molecular complexity index is 1440. The Morgan fingerprint density at radius 1 is 0.470 bits per heavy atom. The predicted octanol–water partition coefficient (Wildman–Crippen LogP) is 15.7. The molecule has 0 radical (unpaired) electrons. The summed E-state index contributed by atoms with van der Waals surface area (Å²) in [5.41, 5.74) is 0. The van der Waals surface area contributed by atoms with Gasteiger partial charge in [0.1, 0.15) is 19.8 Å². The standard InChI is InChI=1S/C56H96NO8P/c1-6-8-10-12-14-16-18-20-22-24-26-28-30-32-34-36-38-40-42-44-46-48-55(58)62-52-54(53-64-66(60,61)63-51-50-57(3,4)5)65-56(59)49-47-45-43-41-39-37-35-33-31-29-27-25-23-21-19-17-15-13-11-9-7-2/h8-11,14-17,20-23,26-29,54H,6-7,12-13,18-19,24-25,30-53H2,1-5H3/p+1/b10-8-,11-9-,16-14-,17-15-,22-20-,23-21-,28-26-,29-27-. The van der Waals surface area contributed by atoms with Crippen LogP contribution in [0.15, 0.2) is 97.2 Å². The largest absolute Gasteiger partial charge is 0.472 e. The molecule has 1 N–H and O–H groups in total. The monoisotopic (exact) mass is 943 g/mol. The molecule has 0 aromatic rings. The van der Waals surface area contributed by atoms with Gasteiger partial charge in [0.2, 0.25) is 0 Å². The lowest BCUT2D eigenvalue weighted by Crippen LogP contribution is -2.37. The Labute approximate surface area is 404 Å². The number of unbranched alkanes of at least 4 members (excludes halogenated alkanes) is 16. The van der Waals surface area contributed by atoms with Crippen LogP contribution in [0.4, 0.5) is 0 Å². The van der Waals surface area contributed by atoms with Crippen LogP contribution in [0.25, 0.3) is 0 Å². The molecule has 0 aliphatic rings. The van der Waals surface area contributed by atoms with Crippen LogP contribution in [0, 0.1) is 0 Å². The van der Waals surface area contributed by atoms with Crippen molar-refractivity contribution in [1.82, 2.24) is 0 Å². The second-order valence-corrected chi connectivity index (χ2v) is 19.6. The number of carbonyl (C=O) groups excluding carboxylic acids is 2. The Hall–Kier alpha value is -3.07. The van der Waals surface area contributed by atoms with Crippen LogP contribution >= 0.6 is 7.82 Å². The molecule has 10 heteroatoms. The highest BCUT2D eigenvalue weighted by Gasteiger charge is 2.27. The molecule has 0 saturated carbocycles. The number of carbonyl (C=O) groups is 2. The van der Waals surface area contributed by atoms with Crippen molar-refractivity contribution in [2.75, 3.05) is 47.5 Å². The lowest BCUT2D eigenvalue weighted by Gasteiger charge is -2.24. The summed E-state index contributed by atoms with van der Waals surface area (Å²) in [6.45, 7) is 4.18. The molecule has 0 bridgehead atoms. The topological polar surface area (TPSA) is 108 Å². The fraction of sp³-hybridized carbons (Fsp3) is 0.679. The zero-order valence-corrected chi connectivity index (χ0v) is 43.5. The number of ether oxygens (including phenoxy) is 2. The third-order valence-corrected chi connectivity index (χ3v) is 11.6. The van der Waals surface area contributed by atoms with Gasteiger partial charge in [-0.2, -0.15) is 0 Å². The van der Waals surface area contributed by atoms with Crippen LogP contribution in [0.3, 0.4) is 0 Å². The number of nitrogens with zero attached hydrogens (tertiary/aromatic N) is 1. The molecule has 0 heterocycles. The number of quaternary nitrogens is 1. The second kappa shape index (κ2) is 47.0. The van der Waals surface area contributed by atoms with Crippen molar-refractivity contribution in [2.24, 2.45) is 0 Å². The lowest BCUT2D eigenvalue weighted by atomic mass is 10.1. The smallest absolute Gasteiger partial charge is 0.462 e. The maximum atomic E-state index is 12.8. The maximum Gasteiger partial charge on any atom is 0.472 e. The zero-order chi connectivity index (χ0) is 48.5. The van der Waals surface area contributed by atoms with E-state index in [2.05, 4.69) is 111 Å². The summed E-state index contributed by atoms with van der Waals surface area (Å²) >= 11 is 0. The molecule has 0 amide bonds. The number of likely N-dealkylation sites (N-methyl/N-ethyl adjacent to an activating group) is 1. The number of hydrogen-bond acceptors (Lipinski definition) is 7. The summed E-state index contributed by atoms with van der Waals surface area (Å²) in [6, 6.07) is 0. The van der Waals surface area contributed by atoms with E-state index in [4.69, 9.17) is 18.5 Å². The van der Waals surface area contributed by atoms with Crippen molar-refractivity contribution in [3.8, 4) is 0 Å². The first-order valence-corrected chi connectivity index (χ1v) is 27.5. The highest BCUT2D eigenvalue weighted by molar-refractivity contribution is 7.47. The molecule has 0 aliphatic heterocycles. The van der Waals surface area contributed by atoms with E-state index < -0.39 is 26.5 Å². The van der Waals surface area contributed by atoms with Gasteiger partial charge in [0.05, 0.1) is 27.7 Å². The average Bonchev–Trinajstić information content (AvgIpc) is 3.27. The normalized spacial score (nSPS) is 14.2. The van der Waals surface area contributed by atoms with Crippen molar-refractivity contribution < 1.29 is 42.1 Å². The molecule has 2 unspecified atom stereocenters. The van der Waals surface area contributed by atoms with Crippen molar-refractivity contribution in [3.05, 3.63) is 97.2 Å². The molecule has 0 saturated heterocycles. The fourth-order valence-electron chi connectivity index (χ4n) is 6.64. The van der Waals surface area contributed by atoms with E-state index in [9.17, 15) is 19.0 Å². The van der Waals surface area contributed by atoms with E-state index in [0.29, 0.717) is 17.4 Å². The number of allylic oxidation sites excluding steroid dienone is 16. The summed E-state index contributed by atoms with van der Waals surface area (Å²) in [7, 11) is 1.45. The van der Waals surface area contributed by atoms with Gasteiger partial charge in [-0.25, -0.2) is 4.57 Å². The van der Waals surface area contributed by atoms with Crippen molar-refractivity contribution in [2.45, 2.75) is 200 Å². The lowest BCUT2D eigenvalue weighted by molar-refractivity contribution is -0.870. The van der Waals surface area contributed by atoms with E-state index in [1.807, 2.05) is 21.1 Å². The van der Waals surface area contributed by atoms with Crippen LogP contribution in [0.1, 0.15) is 194 Å². The van der Waals surface area contributed by atoms with Crippen LogP contribution in [0.2, 0.25) is 0 Å². The van der Waals surface area contributed by atoms with Gasteiger partial charge in [-0.15, -0.1) is 0 Å². The Kier molecular flexibility index (Phi) is 44.8. The van der Waals surface area contributed by atoms with Gasteiger partial charge in [-0.1, -0.05) is 188 Å². The van der Waals surface area contributed by atoms with E-state index in [1.165, 1.54) is 51.4 Å². The average molecular weight is 943 g/mol. The number of rotatable bonds is 46. The SMILES string of the molecule is CC/C=C\C/C=C\C/C=C\C/C=C\CCCCCCCCCCC(=O)OCC(COP(=O)(O)OCC[N+](C)(C)C)OC(=O)CCCCCCCCCC/C=C\C/C=C\C/C=C\C/C=C\CC. The summed E-state index contributed by atoms with van der Waals surface area (Å²) in [6.07, 6.45) is 63.1. The molecule has 0 aliphatic carbocycles. The first-order chi connectivity index (χ1) is 32.0. The van der Waals surface area contributed by atoms with Gasteiger partial charge in [0.25, 0.3) is 0 Å². The van der Waals surface area contributed by atoms with Gasteiger partial charge < -0.3 is 18.9 Å². The van der Waals surface area contributed by atoms with Gasteiger partial charge in [-0.3, -0.25) is 18.6 Å². The third-order valence-electron chi connectivity index (χ3n) is 10.6. The minimum Gasteiger partial charge on any atom is -0.462 e. The fourth-order valence-corrected chi connectivity index (χ4v) is 7.38. The molecule has 2 atom stereocenters. The molecule has 378 valence electrons. The van der Waals surface area contributed by atoms with Crippen LogP contribution in [-0.2, 0) is 32.7 Å². The van der Waals surface area contributed by atoms with Gasteiger partial charge in [0.15, 0.2) is 6.10 Å². The summed E-state index contributed by atoms with van der Waals surface area (Å²) < 4.78 is 34.5. The van der Waals surface area contributed by atoms with Gasteiger partial charge >= 0.3 is 19.8 Å². The summed E-state index contributed by atoms with van der Waals surface area (Å²) in [5, 5.41) is 0. The molecule has 66 heavy (non-hydrogen) atoms. The zero-order valence-electron chi connectivity index (χ0n) is 42.6. The van der Waals surface area contributed by atoms with Crippen molar-refractivity contribution in [1.29, 1.82) is 0 Å². The molecule has 9 nitrogen and oxygen atoms in total. The molecular formula is C56H97NO8P+. The molecule has 0 rings (SSSR count). The van der Waals surface area contributed by atoms with Gasteiger partial charge in [-0.05, 0) is 89.9 Å². The van der Waals surface area contributed by atoms with Crippen LogP contribution in [0.5, 0.6) is 0 Å². The van der Waals surface area contributed by atoms with Crippen molar-refractivity contribution in [3.63, 3.8) is 0 Å². The minimum absolute atomic E-state index is 0.0232.